The van der Waals surface area contributed by atoms with E-state index in [9.17, 15) is 19.5 Å². The number of aromatic nitrogens is 1. The van der Waals surface area contributed by atoms with Gasteiger partial charge in [0.15, 0.2) is 5.78 Å². The summed E-state index contributed by atoms with van der Waals surface area (Å²) in [5.41, 5.74) is 2.66. The molecule has 0 saturated carbocycles. The summed E-state index contributed by atoms with van der Waals surface area (Å²) in [5.74, 6) is -1.34. The van der Waals surface area contributed by atoms with Crippen molar-refractivity contribution in [2.24, 2.45) is 29.1 Å². The van der Waals surface area contributed by atoms with E-state index in [1.54, 1.807) is 6.92 Å². The number of para-hydroxylation sites is 1. The van der Waals surface area contributed by atoms with Gasteiger partial charge in [-0.05, 0) is 55.7 Å². The molecule has 5 rings (SSSR count). The maximum absolute atomic E-state index is 14.2. The van der Waals surface area contributed by atoms with Gasteiger partial charge in [0.05, 0.1) is 0 Å². The standard InChI is InChI=1S/C32H38N2O4/c1-18-8-7-9-23-15-19(2)21(4)29-26(16-22-17-33-25-11-6-5-10-24(22)25)34-31(38)32(23,29)28(36)13-12-27(35)30(37)20(3)14-18/h5-7,9-11,14-15,17-18,21,23,26,29-30,33,37H,8,12-13,16H2,1-4H3,(H,34,38)/b9-7+,20-14+/t18-,21+,23-,26?,29-,30+,32+/m0/s1. The molecule has 200 valence electrons. The van der Waals surface area contributed by atoms with E-state index in [2.05, 4.69) is 42.4 Å². The van der Waals surface area contributed by atoms with Crippen LogP contribution in [0, 0.1) is 29.1 Å². The number of allylic oxidation sites excluding steroid dienone is 5. The summed E-state index contributed by atoms with van der Waals surface area (Å²) in [4.78, 5) is 44.4. The highest BCUT2D eigenvalue weighted by Gasteiger charge is 2.65. The van der Waals surface area contributed by atoms with Crippen molar-refractivity contribution in [3.8, 4) is 0 Å². The third-order valence-electron chi connectivity index (χ3n) is 9.19. The number of nitrogens with one attached hydrogen (secondary N) is 2. The van der Waals surface area contributed by atoms with Gasteiger partial charge in [0.2, 0.25) is 5.91 Å². The molecular formula is C32H38N2O4. The van der Waals surface area contributed by atoms with Crippen LogP contribution in [0.2, 0.25) is 0 Å². The topological polar surface area (TPSA) is 99.3 Å². The lowest BCUT2D eigenvalue weighted by Crippen LogP contribution is -2.52. The molecule has 1 aromatic heterocycles. The average Bonchev–Trinajstić information content (AvgIpc) is 3.43. The molecule has 0 radical (unpaired) electrons. The number of rotatable bonds is 2. The Bertz CT molecular complexity index is 1360. The number of carbonyl (C=O) groups is 3. The minimum Gasteiger partial charge on any atom is -0.381 e. The molecule has 38 heavy (non-hydrogen) atoms. The molecule has 2 aliphatic carbocycles. The first kappa shape index (κ1) is 26.4. The second-order valence-corrected chi connectivity index (χ2v) is 11.6. The Morgan fingerprint density at radius 1 is 1.03 bits per heavy atom. The van der Waals surface area contributed by atoms with Crippen molar-refractivity contribution in [2.75, 3.05) is 0 Å². The van der Waals surface area contributed by atoms with Crippen molar-refractivity contribution < 1.29 is 19.5 Å². The highest BCUT2D eigenvalue weighted by molar-refractivity contribution is 6.10. The number of H-pyrrole nitrogens is 1. The summed E-state index contributed by atoms with van der Waals surface area (Å²) in [6.07, 6.45) is 10.0. The maximum atomic E-state index is 14.2. The number of Topliss-reactive ketones (excluding diaryl/α,β-unsaturated/α-hetero) is 2. The van der Waals surface area contributed by atoms with Gasteiger partial charge in [-0.25, -0.2) is 0 Å². The van der Waals surface area contributed by atoms with Crippen LogP contribution >= 0.6 is 0 Å². The normalized spacial score (nSPS) is 36.6. The third-order valence-corrected chi connectivity index (χ3v) is 9.19. The van der Waals surface area contributed by atoms with Crippen molar-refractivity contribution in [3.63, 3.8) is 0 Å². The minimum absolute atomic E-state index is 0.0116. The Hall–Kier alpha value is -3.25. The van der Waals surface area contributed by atoms with E-state index in [0.717, 1.165) is 16.5 Å². The number of aliphatic hydroxyl groups is 1. The minimum atomic E-state index is -1.28. The van der Waals surface area contributed by atoms with Crippen LogP contribution in [0.3, 0.4) is 0 Å². The molecule has 1 aliphatic heterocycles. The number of aromatic amines is 1. The molecule has 1 amide bonds. The fourth-order valence-electron chi connectivity index (χ4n) is 7.12. The van der Waals surface area contributed by atoms with E-state index in [4.69, 9.17) is 0 Å². The quantitative estimate of drug-likeness (QED) is 0.394. The first-order valence-electron chi connectivity index (χ1n) is 13.8. The molecule has 7 atom stereocenters. The van der Waals surface area contributed by atoms with Gasteiger partial charge in [-0.1, -0.05) is 61.9 Å². The SMILES string of the molecule is CC1=C[C@@H]2/C=C/C[C@H](C)/C=C(\C)[C@@H](O)C(=O)CCC(=O)[C@]23C(=O)NC(Cc2c[nH]c4ccccc24)[C@@H]3[C@@H]1C. The Labute approximate surface area is 224 Å². The van der Waals surface area contributed by atoms with Gasteiger partial charge in [0.1, 0.15) is 17.3 Å². The second-order valence-electron chi connectivity index (χ2n) is 11.6. The van der Waals surface area contributed by atoms with Crippen LogP contribution in [0.25, 0.3) is 10.9 Å². The average molecular weight is 515 g/mol. The summed E-state index contributed by atoms with van der Waals surface area (Å²) >= 11 is 0. The van der Waals surface area contributed by atoms with Crippen LogP contribution in [0.5, 0.6) is 0 Å². The van der Waals surface area contributed by atoms with Crippen LogP contribution in [-0.4, -0.2) is 39.7 Å². The lowest BCUT2D eigenvalue weighted by Gasteiger charge is -2.44. The van der Waals surface area contributed by atoms with Crippen molar-refractivity contribution in [2.45, 2.75) is 65.5 Å². The van der Waals surface area contributed by atoms with E-state index in [-0.39, 0.29) is 60.0 Å². The Morgan fingerprint density at radius 3 is 2.58 bits per heavy atom. The first-order chi connectivity index (χ1) is 18.1. The molecule has 2 heterocycles. The van der Waals surface area contributed by atoms with Crippen LogP contribution in [0.15, 0.2) is 65.9 Å². The molecule has 1 aromatic carbocycles. The van der Waals surface area contributed by atoms with Crippen LogP contribution in [0.1, 0.15) is 52.5 Å². The molecule has 2 aromatic rings. The summed E-state index contributed by atoms with van der Waals surface area (Å²) in [6.45, 7) is 8.00. The summed E-state index contributed by atoms with van der Waals surface area (Å²) < 4.78 is 0. The highest BCUT2D eigenvalue weighted by Crippen LogP contribution is 2.55. The Kier molecular flexibility index (Phi) is 7.03. The van der Waals surface area contributed by atoms with E-state index in [0.29, 0.717) is 18.4 Å². The zero-order valence-corrected chi connectivity index (χ0v) is 22.7. The predicted molar refractivity (Wildman–Crippen MR) is 148 cm³/mol. The van der Waals surface area contributed by atoms with Gasteiger partial charge in [0.25, 0.3) is 0 Å². The van der Waals surface area contributed by atoms with Gasteiger partial charge in [0, 0.05) is 47.8 Å². The first-order valence-corrected chi connectivity index (χ1v) is 13.8. The van der Waals surface area contributed by atoms with Crippen molar-refractivity contribution in [1.29, 1.82) is 0 Å². The van der Waals surface area contributed by atoms with E-state index < -0.39 is 11.5 Å². The number of hydrogen-bond acceptors (Lipinski definition) is 4. The van der Waals surface area contributed by atoms with Gasteiger partial charge in [-0.2, -0.15) is 0 Å². The van der Waals surface area contributed by atoms with E-state index in [1.165, 1.54) is 5.57 Å². The second kappa shape index (κ2) is 10.1. The molecule has 3 N–H and O–H groups in total. The van der Waals surface area contributed by atoms with Gasteiger partial charge in [-0.3, -0.25) is 14.4 Å². The zero-order valence-electron chi connectivity index (χ0n) is 22.7. The smallest absolute Gasteiger partial charge is 0.235 e. The molecule has 6 nitrogen and oxygen atoms in total. The van der Waals surface area contributed by atoms with E-state index >= 15 is 0 Å². The van der Waals surface area contributed by atoms with Crippen molar-refractivity contribution in [3.05, 3.63) is 71.5 Å². The number of aliphatic hydroxyl groups excluding tert-OH is 1. The Morgan fingerprint density at radius 2 is 1.79 bits per heavy atom. The van der Waals surface area contributed by atoms with Gasteiger partial charge >= 0.3 is 0 Å². The largest absolute Gasteiger partial charge is 0.381 e. The Balaban J connectivity index is 1.58. The van der Waals surface area contributed by atoms with Crippen LogP contribution < -0.4 is 5.32 Å². The van der Waals surface area contributed by atoms with Crippen molar-refractivity contribution in [1.82, 2.24) is 10.3 Å². The molecule has 1 spiro atoms. The monoisotopic (exact) mass is 514 g/mol. The molecule has 0 bridgehead atoms. The lowest BCUT2D eigenvalue weighted by molar-refractivity contribution is -0.146. The fraction of sp³-hybridized carbons (Fsp3) is 0.469. The number of carbonyl (C=O) groups excluding carboxylic acids is 3. The van der Waals surface area contributed by atoms with E-state index in [1.807, 2.05) is 43.5 Å². The number of ketones is 2. The zero-order chi connectivity index (χ0) is 27.2. The number of hydrogen-bond donors (Lipinski definition) is 3. The number of amides is 1. The number of fused-ring (bicyclic) bond motifs is 1. The maximum Gasteiger partial charge on any atom is 0.235 e. The summed E-state index contributed by atoms with van der Waals surface area (Å²) in [6, 6.07) is 7.89. The molecule has 1 saturated heterocycles. The highest BCUT2D eigenvalue weighted by atomic mass is 16.3. The summed E-state index contributed by atoms with van der Waals surface area (Å²) in [5, 5.41) is 14.9. The van der Waals surface area contributed by atoms with Crippen molar-refractivity contribution >= 4 is 28.4 Å². The third kappa shape index (κ3) is 4.29. The predicted octanol–water partition coefficient (Wildman–Crippen LogP) is 4.85. The molecule has 1 fully saturated rings. The fourth-order valence-corrected chi connectivity index (χ4v) is 7.12. The van der Waals surface area contributed by atoms with Gasteiger partial charge < -0.3 is 15.4 Å². The molecule has 1 unspecified atom stereocenters. The molecular weight excluding hydrogens is 476 g/mol. The lowest BCUT2D eigenvalue weighted by atomic mass is 9.54. The number of benzene rings is 1. The molecule has 3 aliphatic rings. The van der Waals surface area contributed by atoms with Gasteiger partial charge in [-0.15, -0.1) is 0 Å². The molecule has 6 heteroatoms. The van der Waals surface area contributed by atoms with Crippen LogP contribution in [-0.2, 0) is 20.8 Å². The van der Waals surface area contributed by atoms with Crippen LogP contribution in [0.4, 0.5) is 0 Å². The summed E-state index contributed by atoms with van der Waals surface area (Å²) in [7, 11) is 0.